The number of para-hydroxylation sites is 1. The van der Waals surface area contributed by atoms with Gasteiger partial charge in [-0.15, -0.1) is 0 Å². The predicted molar refractivity (Wildman–Crippen MR) is 85.1 cm³/mol. The van der Waals surface area contributed by atoms with Crippen LogP contribution in [0.4, 0.5) is 0 Å². The molecule has 0 aromatic heterocycles. The monoisotopic (exact) mass is 290 g/mol. The number of Topliss-reactive ketones (excluding diaryl/α,β-unsaturated/α-hetero) is 1. The van der Waals surface area contributed by atoms with Crippen LogP contribution in [0.3, 0.4) is 0 Å². The molecule has 0 N–H and O–H groups in total. The Morgan fingerprint density at radius 1 is 1.33 bits per heavy atom. The molecule has 1 fully saturated rings. The Labute approximate surface area is 127 Å². The molecule has 1 aliphatic rings. The molecule has 0 bridgehead atoms. The van der Waals surface area contributed by atoms with Crippen molar-refractivity contribution in [1.82, 2.24) is 9.80 Å². The topological polar surface area (TPSA) is 32.8 Å². The number of benzene rings is 1. The minimum atomic E-state index is 0.0513. The second-order valence-corrected chi connectivity index (χ2v) is 5.90. The Bertz CT molecular complexity index is 476. The Balaban J connectivity index is 1.88. The number of carbonyl (C=O) groups excluding carboxylic acids is 1. The van der Waals surface area contributed by atoms with Gasteiger partial charge in [0, 0.05) is 19.1 Å². The summed E-state index contributed by atoms with van der Waals surface area (Å²) >= 11 is 0. The molecule has 0 aliphatic carbocycles. The molecular formula is C17H26N2O2. The van der Waals surface area contributed by atoms with Gasteiger partial charge in [-0.25, -0.2) is 0 Å². The van der Waals surface area contributed by atoms with Crippen molar-refractivity contribution >= 4 is 5.78 Å². The lowest BCUT2D eigenvalue weighted by Gasteiger charge is -2.27. The molecule has 1 aromatic carbocycles. The Morgan fingerprint density at radius 3 is 2.86 bits per heavy atom. The van der Waals surface area contributed by atoms with E-state index >= 15 is 0 Å². The van der Waals surface area contributed by atoms with Gasteiger partial charge in [-0.05, 0) is 52.5 Å². The van der Waals surface area contributed by atoms with Crippen molar-refractivity contribution in [3.05, 3.63) is 29.8 Å². The first-order chi connectivity index (χ1) is 10.1. The van der Waals surface area contributed by atoms with Crippen LogP contribution in [0.5, 0.6) is 5.75 Å². The number of likely N-dealkylation sites (N-methyl/N-ethyl adjacent to an activating group) is 1. The van der Waals surface area contributed by atoms with Crippen LogP contribution in [-0.4, -0.2) is 61.5 Å². The summed E-state index contributed by atoms with van der Waals surface area (Å²) in [4.78, 5) is 16.4. The average Bonchev–Trinajstić information content (AvgIpc) is 2.60. The molecule has 4 nitrogen and oxygen atoms in total. The van der Waals surface area contributed by atoms with Gasteiger partial charge < -0.3 is 9.64 Å². The van der Waals surface area contributed by atoms with E-state index in [-0.39, 0.29) is 5.78 Å². The van der Waals surface area contributed by atoms with Gasteiger partial charge in [-0.1, -0.05) is 12.1 Å². The zero-order valence-electron chi connectivity index (χ0n) is 13.3. The first kappa shape index (κ1) is 16.0. The number of carbonyl (C=O) groups is 1. The highest BCUT2D eigenvalue weighted by Gasteiger charge is 2.19. The van der Waals surface area contributed by atoms with E-state index in [9.17, 15) is 4.79 Å². The van der Waals surface area contributed by atoms with Gasteiger partial charge in [0.1, 0.15) is 12.4 Å². The number of ether oxygens (including phenoxy) is 1. The van der Waals surface area contributed by atoms with Crippen molar-refractivity contribution in [3.8, 4) is 5.75 Å². The highest BCUT2D eigenvalue weighted by molar-refractivity contribution is 5.96. The second-order valence-electron chi connectivity index (χ2n) is 5.90. The van der Waals surface area contributed by atoms with Crippen molar-refractivity contribution in [3.63, 3.8) is 0 Å². The minimum Gasteiger partial charge on any atom is -0.491 e. The molecule has 21 heavy (non-hydrogen) atoms. The summed E-state index contributed by atoms with van der Waals surface area (Å²) in [7, 11) is 2.18. The van der Waals surface area contributed by atoms with Crippen LogP contribution in [0.15, 0.2) is 24.3 Å². The smallest absolute Gasteiger partial charge is 0.163 e. The summed E-state index contributed by atoms with van der Waals surface area (Å²) in [5, 5.41) is 0. The number of ketones is 1. The Morgan fingerprint density at radius 2 is 2.10 bits per heavy atom. The van der Waals surface area contributed by atoms with Gasteiger partial charge in [0.25, 0.3) is 0 Å². The van der Waals surface area contributed by atoms with Crippen LogP contribution in [-0.2, 0) is 0 Å². The quantitative estimate of drug-likeness (QED) is 0.779. The van der Waals surface area contributed by atoms with Crippen molar-refractivity contribution in [2.45, 2.75) is 26.3 Å². The zero-order chi connectivity index (χ0) is 15.2. The van der Waals surface area contributed by atoms with Gasteiger partial charge >= 0.3 is 0 Å². The van der Waals surface area contributed by atoms with E-state index in [1.807, 2.05) is 24.3 Å². The molecule has 0 radical (unpaired) electrons. The third-order valence-electron chi connectivity index (χ3n) is 4.09. The van der Waals surface area contributed by atoms with E-state index in [0.29, 0.717) is 24.0 Å². The molecule has 4 heteroatoms. The number of hydrogen-bond acceptors (Lipinski definition) is 4. The van der Waals surface area contributed by atoms with Gasteiger partial charge in [-0.2, -0.15) is 0 Å². The highest BCUT2D eigenvalue weighted by Crippen LogP contribution is 2.18. The van der Waals surface area contributed by atoms with Crippen molar-refractivity contribution in [2.24, 2.45) is 0 Å². The van der Waals surface area contributed by atoms with Crippen molar-refractivity contribution in [2.75, 3.05) is 39.8 Å². The van der Waals surface area contributed by atoms with Crippen LogP contribution in [0.1, 0.15) is 30.6 Å². The molecule has 1 aliphatic heterocycles. The molecule has 1 aromatic rings. The van der Waals surface area contributed by atoms with E-state index < -0.39 is 0 Å². The van der Waals surface area contributed by atoms with Crippen molar-refractivity contribution < 1.29 is 9.53 Å². The molecule has 1 unspecified atom stereocenters. The number of nitrogens with zero attached hydrogens (tertiary/aromatic N) is 2. The van der Waals surface area contributed by atoms with Gasteiger partial charge in [0.2, 0.25) is 0 Å². The van der Waals surface area contributed by atoms with Gasteiger partial charge in [0.05, 0.1) is 5.56 Å². The van der Waals surface area contributed by atoms with Gasteiger partial charge in [0.15, 0.2) is 5.78 Å². The zero-order valence-corrected chi connectivity index (χ0v) is 13.3. The summed E-state index contributed by atoms with van der Waals surface area (Å²) in [6.45, 7) is 8.75. The average molecular weight is 290 g/mol. The van der Waals surface area contributed by atoms with Crippen molar-refractivity contribution in [1.29, 1.82) is 0 Å². The van der Waals surface area contributed by atoms with E-state index in [1.165, 1.54) is 6.42 Å². The Hall–Kier alpha value is -1.39. The van der Waals surface area contributed by atoms with Crippen LogP contribution in [0.2, 0.25) is 0 Å². The van der Waals surface area contributed by atoms with E-state index in [0.717, 1.165) is 26.2 Å². The van der Waals surface area contributed by atoms with Crippen LogP contribution in [0.25, 0.3) is 0 Å². The fourth-order valence-corrected chi connectivity index (χ4v) is 2.91. The third kappa shape index (κ3) is 4.55. The number of rotatable bonds is 5. The minimum absolute atomic E-state index is 0.0513. The molecule has 0 saturated carbocycles. The standard InChI is InChI=1S/C17H26N2O2/c1-14-13-18(3)9-6-10-19(14)11-12-21-17-8-5-4-7-16(17)15(2)20/h4-5,7-8,14H,6,9-13H2,1-3H3. The van der Waals surface area contributed by atoms with Crippen LogP contribution >= 0.6 is 0 Å². The summed E-state index contributed by atoms with van der Waals surface area (Å²) < 4.78 is 5.84. The number of hydrogen-bond donors (Lipinski definition) is 0. The molecule has 116 valence electrons. The maximum Gasteiger partial charge on any atom is 0.163 e. The molecule has 2 rings (SSSR count). The third-order valence-corrected chi connectivity index (χ3v) is 4.09. The second kappa shape index (κ2) is 7.57. The molecule has 1 heterocycles. The fourth-order valence-electron chi connectivity index (χ4n) is 2.91. The predicted octanol–water partition coefficient (Wildman–Crippen LogP) is 2.29. The van der Waals surface area contributed by atoms with Crippen LogP contribution in [0, 0.1) is 0 Å². The molecule has 1 atom stereocenters. The lowest BCUT2D eigenvalue weighted by atomic mass is 10.1. The summed E-state index contributed by atoms with van der Waals surface area (Å²) in [5.41, 5.74) is 0.668. The first-order valence-corrected chi connectivity index (χ1v) is 7.73. The Kier molecular flexibility index (Phi) is 5.76. The normalized spacial score (nSPS) is 21.0. The molecule has 0 spiro atoms. The largest absolute Gasteiger partial charge is 0.491 e. The highest BCUT2D eigenvalue weighted by atomic mass is 16.5. The lowest BCUT2D eigenvalue weighted by Crippen LogP contribution is -2.40. The summed E-state index contributed by atoms with van der Waals surface area (Å²) in [6.07, 6.45) is 1.20. The molecule has 1 saturated heterocycles. The maximum atomic E-state index is 11.6. The van der Waals surface area contributed by atoms with E-state index in [1.54, 1.807) is 6.92 Å². The maximum absolute atomic E-state index is 11.6. The van der Waals surface area contributed by atoms with E-state index in [4.69, 9.17) is 4.74 Å². The SMILES string of the molecule is CC(=O)c1ccccc1OCCN1CCCN(C)CC1C. The summed E-state index contributed by atoms with van der Waals surface area (Å²) in [6, 6.07) is 8.02. The first-order valence-electron chi connectivity index (χ1n) is 7.73. The van der Waals surface area contributed by atoms with Crippen LogP contribution < -0.4 is 4.74 Å². The molecular weight excluding hydrogens is 264 g/mol. The fraction of sp³-hybridized carbons (Fsp3) is 0.588. The summed E-state index contributed by atoms with van der Waals surface area (Å²) in [5.74, 6) is 0.750. The molecule has 0 amide bonds. The lowest BCUT2D eigenvalue weighted by molar-refractivity contribution is 0.101. The van der Waals surface area contributed by atoms with E-state index in [2.05, 4.69) is 23.8 Å². The van der Waals surface area contributed by atoms with Gasteiger partial charge in [-0.3, -0.25) is 9.69 Å².